The Morgan fingerprint density at radius 1 is 1.10 bits per heavy atom. The van der Waals surface area contributed by atoms with Gasteiger partial charge in [-0.05, 0) is 0 Å². The number of unbranched alkanes of at least 4 members (excludes halogenated alkanes) is 2. The fraction of sp³-hybridized carbons (Fsp3) is 0.833. The first-order valence-electron chi connectivity index (χ1n) is 6.93. The van der Waals surface area contributed by atoms with Crippen molar-refractivity contribution in [1.29, 1.82) is 0 Å². The van der Waals surface area contributed by atoms with Crippen LogP contribution in [0.25, 0.3) is 0 Å². The molecule has 0 amide bonds. The molecule has 9 heteroatoms. The quantitative estimate of drug-likeness (QED) is 0.332. The zero-order chi connectivity index (χ0) is 17.1. The Hall–Kier alpha value is -0.150. The van der Waals surface area contributed by atoms with Crippen LogP contribution < -0.4 is 0 Å². The van der Waals surface area contributed by atoms with Crippen LogP contribution in [-0.4, -0.2) is 68.3 Å². The van der Waals surface area contributed by atoms with E-state index < -0.39 is 33.7 Å². The smallest absolute Gasteiger partial charge is 0.325 e. The molecule has 0 saturated heterocycles. The third-order valence-electron chi connectivity index (χ3n) is 2.63. The van der Waals surface area contributed by atoms with E-state index in [4.69, 9.17) is 14.8 Å². The zero-order valence-corrected chi connectivity index (χ0v) is 15.6. The third-order valence-corrected chi connectivity index (χ3v) is 4.42. The van der Waals surface area contributed by atoms with Crippen LogP contribution in [0.3, 0.4) is 0 Å². The summed E-state index contributed by atoms with van der Waals surface area (Å²) in [5, 5.41) is 13.9. The van der Waals surface area contributed by atoms with Crippen LogP contribution in [0.15, 0.2) is 0 Å². The Kier molecular flexibility index (Phi) is 13.7. The molecule has 0 aromatic heterocycles. The molecule has 0 rings (SSSR count). The summed E-state index contributed by atoms with van der Waals surface area (Å²) in [6.07, 6.45) is 4.69. The molecule has 0 aliphatic heterocycles. The summed E-state index contributed by atoms with van der Waals surface area (Å²) in [5.41, 5.74) is 0. The van der Waals surface area contributed by atoms with Gasteiger partial charge in [0, 0.05) is 0 Å². The number of aliphatic carboxylic acids is 2. The number of rotatable bonds is 9. The molecule has 0 aliphatic rings. The number of hydrogen-bond acceptors (Lipinski definition) is 4. The molecule has 1 atom stereocenters. The van der Waals surface area contributed by atoms with Gasteiger partial charge in [-0.15, -0.1) is 0 Å². The Morgan fingerprint density at radius 2 is 1.62 bits per heavy atom. The molecule has 0 fully saturated rings. The summed E-state index contributed by atoms with van der Waals surface area (Å²) in [7, 11) is -4.84. The number of carboxylic acid groups (broad SMARTS) is 2. The molecule has 120 valence electrons. The zero-order valence-electron chi connectivity index (χ0n) is 12.8. The second-order valence-electron chi connectivity index (χ2n) is 5.18. The Bertz CT molecular complexity index is 406. The van der Waals surface area contributed by atoms with Gasteiger partial charge in [0.25, 0.3) is 10.1 Å². The molecule has 7 nitrogen and oxygen atoms in total. The normalized spacial score (nSPS) is 12.5. The largest absolute Gasteiger partial charge is 0.481 e. The maximum atomic E-state index is 10.2. The predicted octanol–water partition coefficient (Wildman–Crippen LogP) is 1.59. The number of hydrogen-bond donors (Lipinski definition) is 3. The molecule has 21 heavy (non-hydrogen) atoms. The van der Waals surface area contributed by atoms with Crippen molar-refractivity contribution in [3.8, 4) is 0 Å². The Morgan fingerprint density at radius 3 is 1.86 bits per heavy atom. The van der Waals surface area contributed by atoms with Gasteiger partial charge >= 0.3 is 89.0 Å². The summed E-state index contributed by atoms with van der Waals surface area (Å²) < 4.78 is 30.2. The van der Waals surface area contributed by atoms with Crippen molar-refractivity contribution in [3.05, 3.63) is 0 Å². The van der Waals surface area contributed by atoms with Crippen molar-refractivity contribution < 1.29 is 32.8 Å². The summed E-state index contributed by atoms with van der Waals surface area (Å²) in [5.74, 6) is -2.58. The van der Waals surface area contributed by atoms with Gasteiger partial charge in [0.15, 0.2) is 5.25 Å². The Balaban J connectivity index is 0. The molecule has 0 spiro atoms. The van der Waals surface area contributed by atoms with Gasteiger partial charge in [0.1, 0.15) is 0 Å². The maximum Gasteiger partial charge on any atom is 0.325 e. The van der Waals surface area contributed by atoms with Gasteiger partial charge < -0.3 is 10.2 Å². The molecule has 0 bridgehead atoms. The number of carboxylic acids is 2. The fourth-order valence-electron chi connectivity index (χ4n) is 1.46. The first-order valence-corrected chi connectivity index (χ1v) is 9.85. The second kappa shape index (κ2) is 12.4. The second-order valence-corrected chi connectivity index (χ2v) is 7.78. The molecule has 0 heterocycles. The van der Waals surface area contributed by atoms with E-state index in [1.807, 2.05) is 0 Å². The van der Waals surface area contributed by atoms with Crippen LogP contribution in [0.4, 0.5) is 0 Å². The third kappa shape index (κ3) is 16.1. The van der Waals surface area contributed by atoms with E-state index in [0.29, 0.717) is 0 Å². The van der Waals surface area contributed by atoms with Gasteiger partial charge in [-0.2, -0.15) is 8.42 Å². The molecule has 0 saturated carbocycles. The Labute approximate surface area is 143 Å². The van der Waals surface area contributed by atoms with Crippen molar-refractivity contribution >= 4 is 50.0 Å². The van der Waals surface area contributed by atoms with Crippen LogP contribution in [0, 0.1) is 5.92 Å². The minimum atomic E-state index is -4.84. The van der Waals surface area contributed by atoms with E-state index in [0.717, 1.165) is 5.92 Å². The summed E-state index contributed by atoms with van der Waals surface area (Å²) in [6, 6.07) is 0. The van der Waals surface area contributed by atoms with Gasteiger partial charge in [-0.1, -0.05) is 0 Å². The maximum absolute atomic E-state index is 10.2. The van der Waals surface area contributed by atoms with Crippen LogP contribution in [0.5, 0.6) is 0 Å². The topological polar surface area (TPSA) is 129 Å². The molecule has 1 unspecified atom stereocenters. The molecular weight excluding hydrogens is 311 g/mol. The number of carbonyl (C=O) groups is 2. The average molecular weight is 334 g/mol. The summed E-state index contributed by atoms with van der Waals surface area (Å²) in [6.45, 7) is 4.61. The SMILES string of the molecule is CC(C)CCCC[CH2][Na].O=C(O)CC(C(=O)O)S(=O)(=O)O. The van der Waals surface area contributed by atoms with Gasteiger partial charge in [0.2, 0.25) is 0 Å². The standard InChI is InChI=1S/C8H17.C4H6O7S.Na/c1-4-5-6-7-8(2)3;5-3(6)1-2(4(7)8)12(9,10)11;/h8H,1,4-7H2,2-3H3;2H,1H2,(H,5,6)(H,7,8)(H,9,10,11);. The molecule has 0 radical (unpaired) electrons. The molecule has 0 aliphatic carbocycles. The van der Waals surface area contributed by atoms with Gasteiger partial charge in [0.05, 0.1) is 6.42 Å². The summed E-state index contributed by atoms with van der Waals surface area (Å²) in [4.78, 5) is 20.0. The van der Waals surface area contributed by atoms with Crippen molar-refractivity contribution in [1.82, 2.24) is 0 Å². The van der Waals surface area contributed by atoms with E-state index in [-0.39, 0.29) is 0 Å². The van der Waals surface area contributed by atoms with E-state index in [2.05, 4.69) is 13.8 Å². The van der Waals surface area contributed by atoms with E-state index in [1.54, 1.807) is 0 Å². The summed E-state index contributed by atoms with van der Waals surface area (Å²) >= 11 is 1.40. The van der Waals surface area contributed by atoms with Crippen molar-refractivity contribution in [2.75, 3.05) is 0 Å². The van der Waals surface area contributed by atoms with Gasteiger partial charge in [-0.25, -0.2) is 0 Å². The van der Waals surface area contributed by atoms with Crippen molar-refractivity contribution in [3.63, 3.8) is 0 Å². The van der Waals surface area contributed by atoms with E-state index in [9.17, 15) is 18.0 Å². The van der Waals surface area contributed by atoms with Crippen LogP contribution in [0.1, 0.15) is 46.0 Å². The van der Waals surface area contributed by atoms with E-state index in [1.165, 1.54) is 57.3 Å². The fourth-order valence-corrected chi connectivity index (χ4v) is 2.57. The first kappa shape index (κ1) is 23.1. The van der Waals surface area contributed by atoms with Crippen molar-refractivity contribution in [2.45, 2.75) is 54.9 Å². The minimum absolute atomic E-state index is 0.916. The molecule has 0 aromatic rings. The monoisotopic (exact) mass is 334 g/mol. The molecular formula is C12H23NaO7S. The minimum Gasteiger partial charge on any atom is -0.481 e. The average Bonchev–Trinajstić information content (AvgIpc) is 2.30. The first-order chi connectivity index (χ1) is 9.52. The van der Waals surface area contributed by atoms with E-state index >= 15 is 0 Å². The molecule has 0 aromatic carbocycles. The van der Waals surface area contributed by atoms with Crippen LogP contribution >= 0.6 is 0 Å². The van der Waals surface area contributed by atoms with Crippen molar-refractivity contribution in [2.24, 2.45) is 5.92 Å². The van der Waals surface area contributed by atoms with Gasteiger partial charge in [-0.3, -0.25) is 14.1 Å². The predicted molar refractivity (Wildman–Crippen MR) is 79.1 cm³/mol. The van der Waals surface area contributed by atoms with Crippen LogP contribution in [-0.2, 0) is 19.7 Å². The molecule has 3 N–H and O–H groups in total. The van der Waals surface area contributed by atoms with Crippen LogP contribution in [0.2, 0.25) is 3.67 Å².